The number of carbonyl (C=O) groups excluding carboxylic acids is 2. The third kappa shape index (κ3) is 3.78. The number of aromatic nitrogens is 2. The smallest absolute Gasteiger partial charge is 0.355 e. The molecule has 34 heavy (non-hydrogen) atoms. The van der Waals surface area contributed by atoms with Gasteiger partial charge in [-0.25, -0.2) is 14.6 Å². The first-order valence-electron chi connectivity index (χ1n) is 10.3. The summed E-state index contributed by atoms with van der Waals surface area (Å²) >= 11 is 0. The Balaban J connectivity index is 2.02. The van der Waals surface area contributed by atoms with E-state index in [0.29, 0.717) is 22.6 Å². The van der Waals surface area contributed by atoms with E-state index in [9.17, 15) is 14.9 Å². The average Bonchev–Trinajstić information content (AvgIpc) is 3.42. The van der Waals surface area contributed by atoms with Gasteiger partial charge in [0, 0.05) is 23.6 Å². The second-order valence-corrected chi connectivity index (χ2v) is 7.32. The first kappa shape index (κ1) is 22.4. The molecule has 0 bridgehead atoms. The highest BCUT2D eigenvalue weighted by atomic mass is 16.5. The van der Waals surface area contributed by atoms with Crippen molar-refractivity contribution in [1.29, 1.82) is 5.26 Å². The number of methoxy groups -OCH3 is 2. The number of imidazole rings is 1. The molecular formula is C25H21N5O4. The molecule has 1 atom stereocenters. The Morgan fingerprint density at radius 2 is 1.82 bits per heavy atom. The van der Waals surface area contributed by atoms with Crippen LogP contribution in [-0.4, -0.2) is 36.1 Å². The maximum atomic E-state index is 13.1. The summed E-state index contributed by atoms with van der Waals surface area (Å²) in [7, 11) is 2.42. The van der Waals surface area contributed by atoms with Crippen molar-refractivity contribution in [2.45, 2.75) is 5.92 Å². The molecule has 0 fully saturated rings. The first-order chi connectivity index (χ1) is 16.5. The normalized spacial score (nSPS) is 15.7. The third-order valence-corrected chi connectivity index (χ3v) is 5.49. The lowest BCUT2D eigenvalue weighted by atomic mass is 9.81. The summed E-state index contributed by atoms with van der Waals surface area (Å²) in [5.74, 6) is -1.90. The van der Waals surface area contributed by atoms with Crippen LogP contribution in [0.3, 0.4) is 0 Å². The molecule has 0 radical (unpaired) electrons. The van der Waals surface area contributed by atoms with E-state index in [2.05, 4.69) is 16.0 Å². The quantitative estimate of drug-likeness (QED) is 0.561. The fourth-order valence-electron chi connectivity index (χ4n) is 4.00. The number of ether oxygens (including phenoxy) is 2. The molecule has 2 heterocycles. The number of anilines is 1. The molecule has 9 heteroatoms. The van der Waals surface area contributed by atoms with Crippen LogP contribution in [0, 0.1) is 11.3 Å². The van der Waals surface area contributed by atoms with Crippen LogP contribution in [-0.2, 0) is 19.1 Å². The highest BCUT2D eigenvalue weighted by Gasteiger charge is 2.43. The molecule has 4 rings (SSSR count). The molecule has 170 valence electrons. The van der Waals surface area contributed by atoms with Gasteiger partial charge in [0.15, 0.2) is 0 Å². The standard InChI is InChI=1S/C25H21N5O4/c1-33-24(31)20-19(15-7-4-3-5-8-15)18(14-26)22(27)30(21(20)25(32)34-2)17-10-6-9-16(13-17)23-28-11-12-29-23/h3-13,19H,27H2,1-2H3,(H,28,29). The van der Waals surface area contributed by atoms with E-state index in [4.69, 9.17) is 15.2 Å². The number of nitriles is 1. The van der Waals surface area contributed by atoms with E-state index >= 15 is 0 Å². The number of hydrogen-bond donors (Lipinski definition) is 2. The average molecular weight is 455 g/mol. The number of nitrogens with two attached hydrogens (primary N) is 1. The van der Waals surface area contributed by atoms with Gasteiger partial charge in [-0.05, 0) is 17.7 Å². The van der Waals surface area contributed by atoms with Gasteiger partial charge < -0.3 is 20.2 Å². The Labute approximate surface area is 195 Å². The van der Waals surface area contributed by atoms with Crippen LogP contribution >= 0.6 is 0 Å². The first-order valence-corrected chi connectivity index (χ1v) is 10.3. The molecule has 1 aliphatic rings. The monoisotopic (exact) mass is 455 g/mol. The van der Waals surface area contributed by atoms with Crippen LogP contribution in [0.1, 0.15) is 11.5 Å². The maximum absolute atomic E-state index is 13.1. The third-order valence-electron chi connectivity index (χ3n) is 5.49. The second-order valence-electron chi connectivity index (χ2n) is 7.32. The SMILES string of the molecule is COC(=O)C1=C(C(=O)OC)N(c2cccc(-c3ncc[nH]3)c2)C(N)=C(C#N)C1c1ccccc1. The molecule has 9 nitrogen and oxygen atoms in total. The number of hydrogen-bond acceptors (Lipinski definition) is 8. The lowest BCUT2D eigenvalue weighted by molar-refractivity contribution is -0.139. The minimum Gasteiger partial charge on any atom is -0.466 e. The maximum Gasteiger partial charge on any atom is 0.355 e. The number of H-pyrrole nitrogens is 1. The lowest BCUT2D eigenvalue weighted by Gasteiger charge is -2.36. The van der Waals surface area contributed by atoms with Crippen molar-refractivity contribution in [1.82, 2.24) is 9.97 Å². The predicted molar refractivity (Wildman–Crippen MR) is 124 cm³/mol. The fourth-order valence-corrected chi connectivity index (χ4v) is 4.00. The van der Waals surface area contributed by atoms with E-state index in [1.54, 1.807) is 60.9 Å². The molecule has 3 aromatic rings. The number of nitrogens with zero attached hydrogens (tertiary/aromatic N) is 3. The molecule has 3 N–H and O–H groups in total. The number of rotatable bonds is 5. The van der Waals surface area contributed by atoms with E-state index in [0.717, 1.165) is 0 Å². The molecule has 0 saturated heterocycles. The summed E-state index contributed by atoms with van der Waals surface area (Å²) in [5, 5.41) is 10.1. The van der Waals surface area contributed by atoms with Crippen molar-refractivity contribution in [2.75, 3.05) is 19.1 Å². The number of benzene rings is 2. The predicted octanol–water partition coefficient (Wildman–Crippen LogP) is 2.97. The van der Waals surface area contributed by atoms with Gasteiger partial charge in [-0.15, -0.1) is 0 Å². The summed E-state index contributed by atoms with van der Waals surface area (Å²) in [6, 6.07) is 18.0. The molecule has 2 aromatic carbocycles. The van der Waals surface area contributed by atoms with Crippen LogP contribution in [0.15, 0.2) is 89.7 Å². The number of allylic oxidation sites excluding steroid dienone is 1. The van der Waals surface area contributed by atoms with Crippen LogP contribution in [0.5, 0.6) is 0 Å². The Hall–Kier alpha value is -4.84. The minimum absolute atomic E-state index is 0.000927. The second kappa shape index (κ2) is 9.34. The summed E-state index contributed by atoms with van der Waals surface area (Å²) in [4.78, 5) is 34.8. The van der Waals surface area contributed by atoms with Gasteiger partial charge in [-0.2, -0.15) is 5.26 Å². The highest BCUT2D eigenvalue weighted by molar-refractivity contribution is 6.06. The van der Waals surface area contributed by atoms with E-state index in [1.807, 2.05) is 6.07 Å². The lowest BCUT2D eigenvalue weighted by Crippen LogP contribution is -2.40. The fraction of sp³-hybridized carbons (Fsp3) is 0.120. The Morgan fingerprint density at radius 1 is 1.09 bits per heavy atom. The van der Waals surface area contributed by atoms with Gasteiger partial charge in [-0.3, -0.25) is 4.90 Å². The van der Waals surface area contributed by atoms with Crippen molar-refractivity contribution >= 4 is 17.6 Å². The van der Waals surface area contributed by atoms with Gasteiger partial charge in [0.2, 0.25) is 0 Å². The summed E-state index contributed by atoms with van der Waals surface area (Å²) in [6.45, 7) is 0. The van der Waals surface area contributed by atoms with Gasteiger partial charge in [0.05, 0.1) is 37.4 Å². The van der Waals surface area contributed by atoms with Crippen LogP contribution < -0.4 is 10.6 Å². The molecule has 1 unspecified atom stereocenters. The summed E-state index contributed by atoms with van der Waals surface area (Å²) < 4.78 is 10.1. The molecule has 0 saturated carbocycles. The molecule has 1 aromatic heterocycles. The Morgan fingerprint density at radius 3 is 2.44 bits per heavy atom. The molecule has 1 aliphatic heterocycles. The van der Waals surface area contributed by atoms with Gasteiger partial charge in [0.1, 0.15) is 17.3 Å². The van der Waals surface area contributed by atoms with Crippen molar-refractivity contribution in [3.8, 4) is 17.5 Å². The van der Waals surface area contributed by atoms with E-state index < -0.39 is 17.9 Å². The van der Waals surface area contributed by atoms with Crippen LogP contribution in [0.25, 0.3) is 11.4 Å². The summed E-state index contributed by atoms with van der Waals surface area (Å²) in [6.07, 6.45) is 3.30. The molecule has 0 aliphatic carbocycles. The number of esters is 2. The Kier molecular flexibility index (Phi) is 6.14. The van der Waals surface area contributed by atoms with Gasteiger partial charge >= 0.3 is 11.9 Å². The van der Waals surface area contributed by atoms with Crippen molar-refractivity contribution in [3.05, 3.63) is 95.2 Å². The Bertz CT molecular complexity index is 1340. The number of nitrogens with one attached hydrogen (secondary N) is 1. The van der Waals surface area contributed by atoms with E-state index in [1.165, 1.54) is 19.1 Å². The van der Waals surface area contributed by atoms with E-state index in [-0.39, 0.29) is 22.7 Å². The molecular weight excluding hydrogens is 434 g/mol. The van der Waals surface area contributed by atoms with Gasteiger partial charge in [0.25, 0.3) is 0 Å². The number of aromatic amines is 1. The zero-order valence-corrected chi connectivity index (χ0v) is 18.5. The zero-order chi connectivity index (χ0) is 24.2. The minimum atomic E-state index is -0.919. The molecule has 0 spiro atoms. The van der Waals surface area contributed by atoms with Gasteiger partial charge in [-0.1, -0.05) is 42.5 Å². The van der Waals surface area contributed by atoms with Crippen molar-refractivity contribution in [2.24, 2.45) is 5.73 Å². The topological polar surface area (TPSA) is 134 Å². The zero-order valence-electron chi connectivity index (χ0n) is 18.5. The largest absolute Gasteiger partial charge is 0.466 e. The molecule has 0 amide bonds. The van der Waals surface area contributed by atoms with Crippen molar-refractivity contribution in [3.63, 3.8) is 0 Å². The highest BCUT2D eigenvalue weighted by Crippen LogP contribution is 2.43. The van der Waals surface area contributed by atoms with Crippen LogP contribution in [0.4, 0.5) is 5.69 Å². The summed E-state index contributed by atoms with van der Waals surface area (Å²) in [5.41, 5.74) is 8.19. The number of carbonyl (C=O) groups is 2. The van der Waals surface area contributed by atoms with Crippen LogP contribution in [0.2, 0.25) is 0 Å². The van der Waals surface area contributed by atoms with Crippen molar-refractivity contribution < 1.29 is 19.1 Å².